The molecule has 0 aromatic carbocycles. The molecule has 0 amide bonds. The standard InChI is InChI=1S/C6H12N2.ClH/c1-6(5(7)8)3-2-4-6;/h2-4H2,1H3,(H3,7,8);1H. The molecule has 0 unspecified atom stereocenters. The number of halogens is 1. The van der Waals surface area contributed by atoms with Gasteiger partial charge in [0.2, 0.25) is 0 Å². The summed E-state index contributed by atoms with van der Waals surface area (Å²) < 4.78 is 0. The van der Waals surface area contributed by atoms with Crippen LogP contribution in [0.25, 0.3) is 0 Å². The molecule has 0 aromatic heterocycles. The summed E-state index contributed by atoms with van der Waals surface area (Å²) in [5, 5.41) is 7.13. The molecule has 0 saturated heterocycles. The van der Waals surface area contributed by atoms with Gasteiger partial charge in [-0.05, 0) is 12.8 Å². The SMILES string of the molecule is CC1(C(=N)N)CCC1.Cl. The van der Waals surface area contributed by atoms with E-state index >= 15 is 0 Å². The summed E-state index contributed by atoms with van der Waals surface area (Å²) in [6, 6.07) is 0. The molecule has 1 fully saturated rings. The molecule has 9 heavy (non-hydrogen) atoms. The quantitative estimate of drug-likeness (QED) is 0.430. The van der Waals surface area contributed by atoms with Gasteiger partial charge < -0.3 is 5.73 Å². The molecule has 3 N–H and O–H groups in total. The Labute approximate surface area is 61.7 Å². The van der Waals surface area contributed by atoms with Crippen LogP contribution in [0.4, 0.5) is 0 Å². The van der Waals surface area contributed by atoms with E-state index in [9.17, 15) is 0 Å². The normalized spacial score (nSPS) is 21.4. The van der Waals surface area contributed by atoms with Crippen LogP contribution in [0.5, 0.6) is 0 Å². The van der Waals surface area contributed by atoms with E-state index in [0.29, 0.717) is 5.84 Å². The number of hydrogen-bond acceptors (Lipinski definition) is 1. The van der Waals surface area contributed by atoms with E-state index in [1.807, 2.05) is 0 Å². The highest BCUT2D eigenvalue weighted by Gasteiger charge is 2.34. The number of amidine groups is 1. The Hall–Kier alpha value is -0.240. The summed E-state index contributed by atoms with van der Waals surface area (Å²) in [6.07, 6.45) is 3.47. The second-order valence-corrected chi connectivity index (χ2v) is 2.83. The van der Waals surface area contributed by atoms with Crippen molar-refractivity contribution in [3.8, 4) is 0 Å². The molecule has 1 aliphatic rings. The highest BCUT2D eigenvalue weighted by atomic mass is 35.5. The van der Waals surface area contributed by atoms with Crippen molar-refractivity contribution in [2.75, 3.05) is 0 Å². The molecule has 0 atom stereocenters. The summed E-state index contributed by atoms with van der Waals surface area (Å²) >= 11 is 0. The molecule has 1 rings (SSSR count). The Bertz CT molecular complexity index is 118. The molecular formula is C6H13ClN2. The number of nitrogens with two attached hydrogens (primary N) is 1. The summed E-state index contributed by atoms with van der Waals surface area (Å²) in [6.45, 7) is 2.05. The van der Waals surface area contributed by atoms with Crippen LogP contribution in [0, 0.1) is 10.8 Å². The molecule has 0 spiro atoms. The van der Waals surface area contributed by atoms with E-state index in [-0.39, 0.29) is 17.8 Å². The first-order chi connectivity index (χ1) is 3.65. The average molecular weight is 149 g/mol. The van der Waals surface area contributed by atoms with Gasteiger partial charge in [-0.25, -0.2) is 0 Å². The summed E-state index contributed by atoms with van der Waals surface area (Å²) in [5.41, 5.74) is 5.40. The van der Waals surface area contributed by atoms with Gasteiger partial charge in [0.25, 0.3) is 0 Å². The van der Waals surface area contributed by atoms with E-state index in [1.54, 1.807) is 0 Å². The third-order valence-corrected chi connectivity index (χ3v) is 2.11. The van der Waals surface area contributed by atoms with Crippen molar-refractivity contribution in [1.82, 2.24) is 0 Å². The zero-order chi connectivity index (χ0) is 6.20. The lowest BCUT2D eigenvalue weighted by molar-refractivity contribution is 0.258. The Morgan fingerprint density at radius 2 is 2.00 bits per heavy atom. The van der Waals surface area contributed by atoms with Gasteiger partial charge in [0.05, 0.1) is 5.84 Å². The van der Waals surface area contributed by atoms with E-state index in [4.69, 9.17) is 11.1 Å². The molecule has 0 aliphatic heterocycles. The van der Waals surface area contributed by atoms with Crippen molar-refractivity contribution in [2.45, 2.75) is 26.2 Å². The molecule has 0 radical (unpaired) electrons. The zero-order valence-corrected chi connectivity index (χ0v) is 6.42. The molecule has 3 heteroatoms. The lowest BCUT2D eigenvalue weighted by Gasteiger charge is -2.36. The minimum Gasteiger partial charge on any atom is -0.387 e. The van der Waals surface area contributed by atoms with E-state index in [0.717, 1.165) is 12.8 Å². The van der Waals surface area contributed by atoms with Crippen molar-refractivity contribution in [3.63, 3.8) is 0 Å². The van der Waals surface area contributed by atoms with Gasteiger partial charge in [-0.15, -0.1) is 12.4 Å². The van der Waals surface area contributed by atoms with E-state index in [1.165, 1.54) is 6.42 Å². The molecular weight excluding hydrogens is 136 g/mol. The molecule has 1 saturated carbocycles. The molecule has 1 aliphatic carbocycles. The van der Waals surface area contributed by atoms with Gasteiger partial charge in [-0.1, -0.05) is 13.3 Å². The monoisotopic (exact) mass is 148 g/mol. The van der Waals surface area contributed by atoms with Gasteiger partial charge in [0, 0.05) is 5.41 Å². The minimum atomic E-state index is 0. The largest absolute Gasteiger partial charge is 0.387 e. The maximum Gasteiger partial charge on any atom is 0.0965 e. The third kappa shape index (κ3) is 1.36. The maximum atomic E-state index is 7.13. The van der Waals surface area contributed by atoms with Crippen molar-refractivity contribution in [3.05, 3.63) is 0 Å². The van der Waals surface area contributed by atoms with Crippen LogP contribution in [0.15, 0.2) is 0 Å². The van der Waals surface area contributed by atoms with Crippen LogP contribution in [-0.2, 0) is 0 Å². The fraction of sp³-hybridized carbons (Fsp3) is 0.833. The molecule has 0 heterocycles. The lowest BCUT2D eigenvalue weighted by Crippen LogP contribution is -2.39. The molecule has 2 nitrogen and oxygen atoms in total. The van der Waals surface area contributed by atoms with Crippen LogP contribution in [0.1, 0.15) is 26.2 Å². The van der Waals surface area contributed by atoms with E-state index in [2.05, 4.69) is 6.92 Å². The minimum absolute atomic E-state index is 0. The smallest absolute Gasteiger partial charge is 0.0965 e. The highest BCUT2D eigenvalue weighted by molar-refractivity contribution is 5.85. The molecule has 0 bridgehead atoms. The second-order valence-electron chi connectivity index (χ2n) is 2.83. The lowest BCUT2D eigenvalue weighted by atomic mass is 9.70. The third-order valence-electron chi connectivity index (χ3n) is 2.11. The van der Waals surface area contributed by atoms with Gasteiger partial charge in [0.1, 0.15) is 0 Å². The van der Waals surface area contributed by atoms with Crippen LogP contribution in [0.2, 0.25) is 0 Å². The first-order valence-corrected chi connectivity index (χ1v) is 3.00. The summed E-state index contributed by atoms with van der Waals surface area (Å²) in [4.78, 5) is 0. The first-order valence-electron chi connectivity index (χ1n) is 3.00. The summed E-state index contributed by atoms with van der Waals surface area (Å²) in [5.74, 6) is 0.365. The zero-order valence-electron chi connectivity index (χ0n) is 5.61. The second kappa shape index (κ2) is 2.56. The average Bonchev–Trinajstić information content (AvgIpc) is 1.60. The Morgan fingerprint density at radius 1 is 1.56 bits per heavy atom. The van der Waals surface area contributed by atoms with Crippen LogP contribution in [0.3, 0.4) is 0 Å². The Balaban J connectivity index is 0.000000640. The van der Waals surface area contributed by atoms with Gasteiger partial charge in [-0.3, -0.25) is 5.41 Å². The summed E-state index contributed by atoms with van der Waals surface area (Å²) in [7, 11) is 0. The van der Waals surface area contributed by atoms with Gasteiger partial charge in [-0.2, -0.15) is 0 Å². The van der Waals surface area contributed by atoms with Crippen LogP contribution >= 0.6 is 12.4 Å². The van der Waals surface area contributed by atoms with Crippen LogP contribution < -0.4 is 5.73 Å². The van der Waals surface area contributed by atoms with Crippen molar-refractivity contribution >= 4 is 18.2 Å². The van der Waals surface area contributed by atoms with E-state index < -0.39 is 0 Å². The topological polar surface area (TPSA) is 49.9 Å². The highest BCUT2D eigenvalue weighted by Crippen LogP contribution is 2.39. The van der Waals surface area contributed by atoms with Crippen molar-refractivity contribution in [2.24, 2.45) is 11.1 Å². The Morgan fingerprint density at radius 3 is 2.00 bits per heavy atom. The first kappa shape index (κ1) is 8.76. The van der Waals surface area contributed by atoms with Gasteiger partial charge in [0.15, 0.2) is 0 Å². The Kier molecular flexibility index (Phi) is 2.50. The number of hydrogen-bond donors (Lipinski definition) is 2. The predicted molar refractivity (Wildman–Crippen MR) is 41.1 cm³/mol. The fourth-order valence-electron chi connectivity index (χ4n) is 0.976. The molecule has 0 aromatic rings. The van der Waals surface area contributed by atoms with Crippen LogP contribution in [-0.4, -0.2) is 5.84 Å². The van der Waals surface area contributed by atoms with Crippen molar-refractivity contribution in [1.29, 1.82) is 5.41 Å². The maximum absolute atomic E-state index is 7.13. The number of nitrogens with one attached hydrogen (secondary N) is 1. The van der Waals surface area contributed by atoms with Crippen molar-refractivity contribution < 1.29 is 0 Å². The predicted octanol–water partition coefficient (Wildman–Crippen LogP) is 1.53. The fourth-order valence-corrected chi connectivity index (χ4v) is 0.976. The van der Waals surface area contributed by atoms with Gasteiger partial charge >= 0.3 is 0 Å². The molecule has 54 valence electrons. The number of rotatable bonds is 1.